The lowest BCUT2D eigenvalue weighted by Gasteiger charge is -2.22. The highest BCUT2D eigenvalue weighted by atomic mass is 16.5. The maximum Gasteiger partial charge on any atom is 0.338 e. The zero-order valence-electron chi connectivity index (χ0n) is 16.3. The van der Waals surface area contributed by atoms with Crippen LogP contribution < -0.4 is 4.74 Å². The van der Waals surface area contributed by atoms with Gasteiger partial charge in [0.05, 0.1) is 12.2 Å². The fraction of sp³-hybridized carbons (Fsp3) is 0.522. The van der Waals surface area contributed by atoms with Crippen molar-refractivity contribution >= 4 is 5.97 Å². The van der Waals surface area contributed by atoms with E-state index in [0.717, 1.165) is 38.0 Å². The van der Waals surface area contributed by atoms with E-state index in [-0.39, 0.29) is 5.97 Å². The summed E-state index contributed by atoms with van der Waals surface area (Å²) in [6.07, 6.45) is 10.0. The minimum atomic E-state index is -0.276. The summed E-state index contributed by atoms with van der Waals surface area (Å²) in [6.45, 7) is 9.43. The molecule has 1 aromatic rings. The molecule has 0 aliphatic heterocycles. The Labute approximate surface area is 158 Å². The monoisotopic (exact) mass is 356 g/mol. The molecular formula is C23H32O3. The Morgan fingerprint density at radius 3 is 2.58 bits per heavy atom. The summed E-state index contributed by atoms with van der Waals surface area (Å²) in [5, 5.41) is 0. The third-order valence-electron chi connectivity index (χ3n) is 4.95. The predicted octanol–water partition coefficient (Wildman–Crippen LogP) is 6.11. The fourth-order valence-electron chi connectivity index (χ4n) is 3.11. The smallest absolute Gasteiger partial charge is 0.338 e. The summed E-state index contributed by atoms with van der Waals surface area (Å²) in [5.41, 5.74) is 3.02. The number of rotatable bonds is 10. The van der Waals surface area contributed by atoms with Gasteiger partial charge in [-0.25, -0.2) is 4.79 Å². The van der Waals surface area contributed by atoms with Gasteiger partial charge in [-0.1, -0.05) is 44.4 Å². The quantitative estimate of drug-likeness (QED) is 0.288. The zero-order valence-corrected chi connectivity index (χ0v) is 16.3. The number of hydrogen-bond donors (Lipinski definition) is 0. The van der Waals surface area contributed by atoms with E-state index < -0.39 is 0 Å². The first kappa shape index (κ1) is 20.3. The van der Waals surface area contributed by atoms with Crippen LogP contribution in [0.25, 0.3) is 0 Å². The first-order valence-electron chi connectivity index (χ1n) is 9.83. The normalized spacial score (nSPS) is 16.7. The zero-order chi connectivity index (χ0) is 18.8. The van der Waals surface area contributed by atoms with Crippen molar-refractivity contribution in [3.63, 3.8) is 0 Å². The van der Waals surface area contributed by atoms with Crippen LogP contribution in [0.2, 0.25) is 0 Å². The van der Waals surface area contributed by atoms with Gasteiger partial charge < -0.3 is 9.47 Å². The van der Waals surface area contributed by atoms with Crippen LogP contribution >= 0.6 is 0 Å². The third kappa shape index (κ3) is 6.70. The molecule has 3 nitrogen and oxygen atoms in total. The van der Waals surface area contributed by atoms with Crippen LogP contribution in [0.3, 0.4) is 0 Å². The number of esters is 1. The van der Waals surface area contributed by atoms with Crippen molar-refractivity contribution in [1.82, 2.24) is 0 Å². The van der Waals surface area contributed by atoms with Gasteiger partial charge in [0.2, 0.25) is 0 Å². The van der Waals surface area contributed by atoms with E-state index in [9.17, 15) is 4.79 Å². The highest BCUT2D eigenvalue weighted by molar-refractivity contribution is 5.89. The Morgan fingerprint density at radius 2 is 1.96 bits per heavy atom. The second kappa shape index (κ2) is 10.8. The van der Waals surface area contributed by atoms with Gasteiger partial charge in [-0.15, -0.1) is 0 Å². The summed E-state index contributed by atoms with van der Waals surface area (Å²) in [4.78, 5) is 12.2. The highest BCUT2D eigenvalue weighted by Gasteiger charge is 2.16. The average molecular weight is 357 g/mol. The SMILES string of the molecule is C=C(C)[C@@H]1CC=C(COC(=O)c2ccc(OCCCCCC)cc2)CC1. The summed E-state index contributed by atoms with van der Waals surface area (Å²) in [7, 11) is 0. The van der Waals surface area contributed by atoms with E-state index in [1.165, 1.54) is 30.4 Å². The van der Waals surface area contributed by atoms with Crippen LogP contribution in [0.15, 0.2) is 48.1 Å². The molecule has 142 valence electrons. The van der Waals surface area contributed by atoms with Gasteiger partial charge in [0, 0.05) is 0 Å². The summed E-state index contributed by atoms with van der Waals surface area (Å²) >= 11 is 0. The topological polar surface area (TPSA) is 35.5 Å². The molecule has 2 rings (SSSR count). The second-order valence-electron chi connectivity index (χ2n) is 7.19. The second-order valence-corrected chi connectivity index (χ2v) is 7.19. The van der Waals surface area contributed by atoms with Crippen LogP contribution in [-0.2, 0) is 4.74 Å². The molecule has 0 radical (unpaired) electrons. The molecule has 0 spiro atoms. The van der Waals surface area contributed by atoms with Gasteiger partial charge in [0.1, 0.15) is 12.4 Å². The Morgan fingerprint density at radius 1 is 1.19 bits per heavy atom. The Kier molecular flexibility index (Phi) is 8.46. The molecule has 1 atom stereocenters. The van der Waals surface area contributed by atoms with Crippen LogP contribution in [0, 0.1) is 5.92 Å². The number of carbonyl (C=O) groups is 1. The van der Waals surface area contributed by atoms with E-state index in [4.69, 9.17) is 9.47 Å². The lowest BCUT2D eigenvalue weighted by Crippen LogP contribution is -2.12. The molecule has 0 heterocycles. The van der Waals surface area contributed by atoms with Crippen LogP contribution in [0.5, 0.6) is 5.75 Å². The van der Waals surface area contributed by atoms with E-state index in [0.29, 0.717) is 18.1 Å². The maximum absolute atomic E-state index is 12.2. The molecule has 1 aliphatic carbocycles. The predicted molar refractivity (Wildman–Crippen MR) is 107 cm³/mol. The number of unbranched alkanes of at least 4 members (excludes halogenated alkanes) is 3. The lowest BCUT2D eigenvalue weighted by atomic mass is 9.86. The Bertz CT molecular complexity index is 613. The fourth-order valence-corrected chi connectivity index (χ4v) is 3.11. The first-order valence-corrected chi connectivity index (χ1v) is 9.83. The summed E-state index contributed by atoms with van der Waals surface area (Å²) < 4.78 is 11.2. The molecule has 0 fully saturated rings. The molecule has 0 N–H and O–H groups in total. The summed E-state index contributed by atoms with van der Waals surface area (Å²) in [6, 6.07) is 7.23. The average Bonchev–Trinajstić information content (AvgIpc) is 2.66. The van der Waals surface area contributed by atoms with Gasteiger partial charge in [0.25, 0.3) is 0 Å². The molecule has 0 amide bonds. The lowest BCUT2D eigenvalue weighted by molar-refractivity contribution is 0.0535. The first-order chi connectivity index (χ1) is 12.6. The van der Waals surface area contributed by atoms with Crippen molar-refractivity contribution < 1.29 is 14.3 Å². The van der Waals surface area contributed by atoms with Crippen molar-refractivity contribution in [2.24, 2.45) is 5.92 Å². The van der Waals surface area contributed by atoms with Crippen molar-refractivity contribution in [2.45, 2.75) is 58.8 Å². The molecule has 3 heteroatoms. The minimum absolute atomic E-state index is 0.276. The van der Waals surface area contributed by atoms with Crippen LogP contribution in [-0.4, -0.2) is 19.2 Å². The molecule has 0 bridgehead atoms. The molecule has 1 aromatic carbocycles. The van der Waals surface area contributed by atoms with E-state index in [1.807, 2.05) is 12.1 Å². The van der Waals surface area contributed by atoms with Crippen LogP contribution in [0.1, 0.15) is 69.2 Å². The molecule has 0 saturated heterocycles. The minimum Gasteiger partial charge on any atom is -0.494 e. The third-order valence-corrected chi connectivity index (χ3v) is 4.95. The standard InChI is InChI=1S/C23H32O3/c1-4-5-6-7-16-25-22-14-12-21(13-15-22)23(24)26-17-19-8-10-20(11-9-19)18(2)3/h8,12-15,20H,2,4-7,9-11,16-17H2,1,3H3/t20-/m1/s1. The van der Waals surface area contributed by atoms with Crippen molar-refractivity contribution in [3.8, 4) is 5.75 Å². The number of hydrogen-bond acceptors (Lipinski definition) is 3. The van der Waals surface area contributed by atoms with Crippen LogP contribution in [0.4, 0.5) is 0 Å². The van der Waals surface area contributed by atoms with Gasteiger partial charge in [-0.05, 0) is 68.4 Å². The Balaban J connectivity index is 1.73. The highest BCUT2D eigenvalue weighted by Crippen LogP contribution is 2.28. The molecule has 0 aromatic heterocycles. The number of carbonyl (C=O) groups excluding carboxylic acids is 1. The molecular weight excluding hydrogens is 324 g/mol. The van der Waals surface area contributed by atoms with Gasteiger partial charge >= 0.3 is 5.97 Å². The summed E-state index contributed by atoms with van der Waals surface area (Å²) in [5.74, 6) is 1.10. The van der Waals surface area contributed by atoms with Gasteiger partial charge in [0.15, 0.2) is 0 Å². The van der Waals surface area contributed by atoms with Crippen molar-refractivity contribution in [1.29, 1.82) is 0 Å². The van der Waals surface area contributed by atoms with E-state index in [2.05, 4.69) is 26.5 Å². The molecule has 0 saturated carbocycles. The molecule has 0 unspecified atom stereocenters. The number of allylic oxidation sites excluding steroid dienone is 2. The maximum atomic E-state index is 12.2. The van der Waals surface area contributed by atoms with E-state index >= 15 is 0 Å². The molecule has 1 aliphatic rings. The molecule has 26 heavy (non-hydrogen) atoms. The van der Waals surface area contributed by atoms with Crippen molar-refractivity contribution in [2.75, 3.05) is 13.2 Å². The van der Waals surface area contributed by atoms with Gasteiger partial charge in [-0.3, -0.25) is 0 Å². The number of ether oxygens (including phenoxy) is 2. The van der Waals surface area contributed by atoms with E-state index in [1.54, 1.807) is 12.1 Å². The van der Waals surface area contributed by atoms with Gasteiger partial charge in [-0.2, -0.15) is 0 Å². The largest absolute Gasteiger partial charge is 0.494 e. The van der Waals surface area contributed by atoms with Crippen molar-refractivity contribution in [3.05, 3.63) is 53.6 Å². The number of benzene rings is 1. The Hall–Kier alpha value is -2.03.